The van der Waals surface area contributed by atoms with E-state index < -0.39 is 66.5 Å². The quantitative estimate of drug-likeness (QED) is 0.00853. The topological polar surface area (TPSA) is 537 Å². The number of carbonyl (C=O) groups excluding carboxylic acids is 1. The molecule has 7 aromatic heterocycles. The van der Waals surface area contributed by atoms with Gasteiger partial charge in [0.1, 0.15) is 41.7 Å². The first-order valence-electron chi connectivity index (χ1n) is 30.5. The molecule has 18 N–H and O–H groups in total. The van der Waals surface area contributed by atoms with Crippen molar-refractivity contribution >= 4 is 176 Å². The Morgan fingerprint density at radius 2 is 1.57 bits per heavy atom. The highest BCUT2D eigenvalue weighted by Gasteiger charge is 2.59. The number of fused-ring (bicyclic) bond motifs is 3. The number of benzene rings is 2. The van der Waals surface area contributed by atoms with E-state index in [-0.39, 0.29) is 54.4 Å². The van der Waals surface area contributed by atoms with Crippen LogP contribution in [0, 0.1) is 4.64 Å². The van der Waals surface area contributed by atoms with E-state index in [1.165, 1.54) is 24.8 Å². The van der Waals surface area contributed by atoms with Crippen molar-refractivity contribution in [1.29, 1.82) is 0 Å². The van der Waals surface area contributed by atoms with Gasteiger partial charge in [0, 0.05) is 74.9 Å². The summed E-state index contributed by atoms with van der Waals surface area (Å²) in [6.07, 6.45) is 5.91. The maximum Gasteiger partial charge on any atom is 0.351 e. The van der Waals surface area contributed by atoms with Gasteiger partial charge in [-0.25, -0.2) is 44.5 Å². The van der Waals surface area contributed by atoms with Crippen LogP contribution in [0.25, 0.3) is 33.5 Å². The zero-order valence-corrected chi connectivity index (χ0v) is 60.5. The molecule has 44 heteroatoms. The molecule has 0 saturated carbocycles. The Kier molecular flexibility index (Phi) is 33.9. The highest BCUT2D eigenvalue weighted by molar-refractivity contribution is 7.97. The Morgan fingerprint density at radius 3 is 2.16 bits per heavy atom. The predicted octanol–water partition coefficient (Wildman–Crippen LogP) is 4.33. The number of H-pyrrole nitrogens is 2. The van der Waals surface area contributed by atoms with Crippen molar-refractivity contribution in [2.45, 2.75) is 82.0 Å². The van der Waals surface area contributed by atoms with E-state index in [1.54, 1.807) is 47.9 Å². The predicted molar refractivity (Wildman–Crippen MR) is 402 cm³/mol. The number of aromatic nitrogens is 14. The molecule has 9 aromatic rings. The van der Waals surface area contributed by atoms with Crippen LogP contribution in [0.5, 0.6) is 0 Å². The van der Waals surface area contributed by atoms with Gasteiger partial charge in [0.05, 0.1) is 43.6 Å². The second-order valence-electron chi connectivity index (χ2n) is 21.5. The van der Waals surface area contributed by atoms with E-state index in [0.29, 0.717) is 72.3 Å². The van der Waals surface area contributed by atoms with Crippen LogP contribution in [0.1, 0.15) is 60.5 Å². The van der Waals surface area contributed by atoms with E-state index in [9.17, 15) is 43.0 Å². The van der Waals surface area contributed by atoms with Gasteiger partial charge in [-0.3, -0.25) is 43.8 Å². The molecule has 1 aliphatic rings. The number of aliphatic hydroxyl groups excluding tert-OH is 2. The van der Waals surface area contributed by atoms with Gasteiger partial charge in [0.25, 0.3) is 5.91 Å². The lowest BCUT2D eigenvalue weighted by molar-refractivity contribution is -0.141. The third kappa shape index (κ3) is 26.2. The Morgan fingerprint density at radius 1 is 0.904 bits per heavy atom. The van der Waals surface area contributed by atoms with Gasteiger partial charge < -0.3 is 78.3 Å². The maximum absolute atomic E-state index is 13.7. The summed E-state index contributed by atoms with van der Waals surface area (Å²) >= 11 is 28.6. The number of hydrogen-bond acceptors (Lipinski definition) is 28. The molecule has 0 radical (unpaired) electrons. The van der Waals surface area contributed by atoms with Crippen LogP contribution in [0.4, 0.5) is 43.7 Å². The van der Waals surface area contributed by atoms with Crippen LogP contribution in [-0.4, -0.2) is 204 Å². The number of aliphatic carboxylic acids is 3. The van der Waals surface area contributed by atoms with E-state index in [0.717, 1.165) is 59.9 Å². The van der Waals surface area contributed by atoms with E-state index in [2.05, 4.69) is 136 Å². The first kappa shape index (κ1) is 84.4. The van der Waals surface area contributed by atoms with E-state index >= 15 is 0 Å². The van der Waals surface area contributed by atoms with Gasteiger partial charge in [-0.1, -0.05) is 43.2 Å². The summed E-state index contributed by atoms with van der Waals surface area (Å²) in [5.74, 6) is -6.06. The fourth-order valence-electron chi connectivity index (χ4n) is 8.71. The smallest absolute Gasteiger partial charge is 0.351 e. The van der Waals surface area contributed by atoms with Crippen molar-refractivity contribution < 1.29 is 58.2 Å². The number of carboxylic acids is 3. The molecule has 104 heavy (non-hydrogen) atoms. The zero-order valence-electron chi connectivity index (χ0n) is 55.5. The summed E-state index contributed by atoms with van der Waals surface area (Å²) in [4.78, 5) is 113. The summed E-state index contributed by atoms with van der Waals surface area (Å²) in [6.45, 7) is 6.62. The number of alkyl halides is 4. The minimum atomic E-state index is -3.71. The third-order valence-electron chi connectivity index (χ3n) is 13.9. The highest BCUT2D eigenvalue weighted by atomic mass is 35.5. The summed E-state index contributed by atoms with van der Waals surface area (Å²) in [5, 5.41) is 47.9. The van der Waals surface area contributed by atoms with Crippen LogP contribution in [-0.2, 0) is 32.1 Å². The van der Waals surface area contributed by atoms with Crippen molar-refractivity contribution in [3.8, 4) is 0 Å². The van der Waals surface area contributed by atoms with Gasteiger partial charge in [-0.15, -0.1) is 55.0 Å². The number of amidine groups is 2. The Hall–Kier alpha value is -10.2. The molecule has 8 heterocycles. The number of nitrogens with zero attached hydrogens (tertiary/aromatic N) is 16. The molecule has 5 atom stereocenters. The normalized spacial score (nSPS) is 14.9. The van der Waals surface area contributed by atoms with E-state index in [4.69, 9.17) is 78.4 Å². The number of amides is 1. The number of imidazole rings is 2. The lowest BCUT2D eigenvalue weighted by Crippen LogP contribution is -2.41. The van der Waals surface area contributed by atoms with Gasteiger partial charge in [0.15, 0.2) is 49.4 Å². The lowest BCUT2D eigenvalue weighted by Gasteiger charge is -2.23. The summed E-state index contributed by atoms with van der Waals surface area (Å²) in [7, 11) is 3.44. The van der Waals surface area contributed by atoms with Crippen molar-refractivity contribution in [2.75, 3.05) is 78.3 Å². The summed E-state index contributed by atoms with van der Waals surface area (Å²) in [5.41, 5.74) is 33.8. The van der Waals surface area contributed by atoms with Crippen LogP contribution in [0.15, 0.2) is 120 Å². The molecule has 1 amide bonds. The largest absolute Gasteiger partial charge is 0.481 e. The molecule has 558 valence electrons. The van der Waals surface area contributed by atoms with Crippen LogP contribution >= 0.6 is 73.5 Å². The number of hydrazine groups is 1. The van der Waals surface area contributed by atoms with Crippen LogP contribution < -0.4 is 54.6 Å². The number of rotatable bonds is 22. The van der Waals surface area contributed by atoms with Gasteiger partial charge in [0.2, 0.25) is 18.1 Å². The number of halogens is 4. The highest BCUT2D eigenvalue weighted by Crippen LogP contribution is 2.42. The summed E-state index contributed by atoms with van der Waals surface area (Å²) in [6, 6.07) is 14.5. The Labute approximate surface area is 622 Å². The molecular weight excluding hydrogens is 1480 g/mol. The SMILES string of the molecule is C=CC(C)N=C(S)NNC(S)=NC.CN(Cc1cnc2nc(N)nc(N)c2n1)c1ccc(C(=O)N[C@@H](CCC(=O)O)C(=O)O)cc1.Nc1ccn([C@@H]2O[C@H](CO)[C@@H](O)C2(F)F)c(=O)n1.Nc1nc(=S)c2[nH]cnc2[nH]1.O=C(O)CCCc1ccc(N(CCCl)CCCl)cc1.Sn1cnc2cncnc21. The number of aromatic amines is 2. The molecule has 36 nitrogen and oxygen atoms in total. The number of thiol groups is 3. The molecule has 1 aliphatic heterocycles. The van der Waals surface area contributed by atoms with Gasteiger partial charge in [-0.05, 0) is 74.2 Å². The van der Waals surface area contributed by atoms with Gasteiger partial charge >= 0.3 is 29.5 Å². The molecule has 0 bridgehead atoms. The number of aryl methyl sites for hydroxylation is 1. The number of nitrogens with one attached hydrogen (secondary N) is 5. The average molecular weight is 1560 g/mol. The molecule has 10 rings (SSSR count). The van der Waals surface area contributed by atoms with E-state index in [1.807, 2.05) is 43.1 Å². The second kappa shape index (κ2) is 41.8. The lowest BCUT2D eigenvalue weighted by atomic mass is 10.1. The van der Waals surface area contributed by atoms with Crippen molar-refractivity contribution in [2.24, 2.45) is 9.98 Å². The molecule has 1 fully saturated rings. The van der Waals surface area contributed by atoms with Crippen LogP contribution in [0.3, 0.4) is 0 Å². The molecule has 0 spiro atoms. The zero-order chi connectivity index (χ0) is 76.8. The number of carboxylic acid groups (broad SMARTS) is 3. The molecular formula is C60H75Cl2F2N25O11S4. The third-order valence-corrected chi connectivity index (χ3v) is 15.4. The monoisotopic (exact) mass is 1560 g/mol. The number of hydrogen-bond donors (Lipinski definition) is 17. The number of nitrogen functional groups attached to an aromatic ring is 4. The van der Waals surface area contributed by atoms with Crippen molar-refractivity contribution in [3.05, 3.63) is 137 Å². The number of nitrogens with two attached hydrogens (primary N) is 4. The maximum atomic E-state index is 13.7. The second-order valence-corrected chi connectivity index (χ2v) is 23.9. The number of anilines is 6. The van der Waals surface area contributed by atoms with Gasteiger partial charge in [-0.2, -0.15) is 23.7 Å². The Balaban J connectivity index is 0.000000237. The van der Waals surface area contributed by atoms with Crippen LogP contribution in [0.2, 0.25) is 0 Å². The minimum absolute atomic E-state index is 0.0138. The van der Waals surface area contributed by atoms with Crippen molar-refractivity contribution in [1.82, 2.24) is 84.5 Å². The fraction of sp³-hybridized carbons (Fsp3) is 0.333. The standard InChI is InChI=1S/C20H22N8O5.C14H19Cl2NO2.C9H11F2N3O4.C7H14N4S2.C5H5N5S.C5H4N4S/c1-28(9-11-8-23-17-15(24-11)16(21)26-20(22)27-17)12-4-2-10(3-5-12)18(31)25-13(19(32)33)6-7-14(29)30;15-8-10-17(11-9-16)13-6-4-12(5-7-13)2-1-3-14(18)19;10-9(11)6(16)4(3-15)18-7(9)14-2-1-5(12)13-8(14)17;1-4-5(2)9-7(13)11-10-6(12)8-3;6-5-9-3-2(4(11)10-5)7-1-8-3;10-9-3-8-4-1-6-2-7-5(4)9/h2-5,8,13H,6-7,9H2,1H3,(H,25,31)(H,29,30)(H,32,33)(H4,21,22,23,26,27);4-7H,1-3,8-11H2,(H,18,19);1-2,4,6-7,15-16H,3H2,(H2,12,13,17);4-5H,1H2,2-3H3,(H2,8,10,12)(H2,9,11,13);1H,(H4,6,7,8,9,10,11);1-3,10H/t13-;;4-,6-,7-;;;/m0.1.../s1. The summed E-state index contributed by atoms with van der Waals surface area (Å²) < 4.78 is 34.7. The molecule has 1 saturated heterocycles. The minimum Gasteiger partial charge on any atom is -0.481 e. The number of aliphatic hydroxyl groups is 2. The average Bonchev–Trinajstić information content (AvgIpc) is 1.61. The molecule has 2 aromatic carbocycles. The fourth-order valence-corrected chi connectivity index (χ4v) is 9.87. The molecule has 1 unspecified atom stereocenters. The number of aliphatic imine (C=N–C) groups is 2. The van der Waals surface area contributed by atoms with Crippen molar-refractivity contribution in [3.63, 3.8) is 0 Å². The molecule has 0 aliphatic carbocycles. The Bertz CT molecular complexity index is 4510. The first-order chi connectivity index (χ1) is 49.4. The first-order valence-corrected chi connectivity index (χ1v) is 33.2. The number of carbonyl (C=O) groups is 4. The number of ether oxygens (including phenoxy) is 1.